The second-order valence-corrected chi connectivity index (χ2v) is 4.23. The van der Waals surface area contributed by atoms with Crippen LogP contribution >= 0.6 is 12.4 Å². The summed E-state index contributed by atoms with van der Waals surface area (Å²) in [6.07, 6.45) is 0.224. The third-order valence-electron chi connectivity index (χ3n) is 2.95. The molecular formula is C12H16ClN3O3. The molecule has 1 aliphatic rings. The van der Waals surface area contributed by atoms with Gasteiger partial charge in [-0.2, -0.15) is 0 Å². The molecule has 0 aromatic heterocycles. The highest BCUT2D eigenvalue weighted by Gasteiger charge is 2.17. The molecule has 2 rings (SSSR count). The van der Waals surface area contributed by atoms with E-state index in [1.807, 2.05) is 0 Å². The first-order chi connectivity index (χ1) is 8.66. The van der Waals surface area contributed by atoms with Gasteiger partial charge in [0.25, 0.3) is 5.69 Å². The van der Waals surface area contributed by atoms with Crippen molar-refractivity contribution < 1.29 is 9.72 Å². The zero-order valence-electron chi connectivity index (χ0n) is 10.4. The average molecular weight is 286 g/mol. The number of carbonyl (C=O) groups excluding carboxylic acids is 1. The van der Waals surface area contributed by atoms with E-state index in [0.29, 0.717) is 18.7 Å². The van der Waals surface area contributed by atoms with Crippen LogP contribution in [0.4, 0.5) is 5.69 Å². The summed E-state index contributed by atoms with van der Waals surface area (Å²) in [5, 5.41) is 13.8. The molecule has 1 aromatic rings. The molecule has 19 heavy (non-hydrogen) atoms. The van der Waals surface area contributed by atoms with Crippen LogP contribution in [0.2, 0.25) is 0 Å². The van der Waals surface area contributed by atoms with Crippen molar-refractivity contribution in [3.63, 3.8) is 0 Å². The molecule has 0 radical (unpaired) electrons. The second-order valence-electron chi connectivity index (χ2n) is 4.23. The summed E-state index contributed by atoms with van der Waals surface area (Å²) in [5.74, 6) is 0.0250. The Hall–Kier alpha value is -1.66. The third kappa shape index (κ3) is 4.18. The van der Waals surface area contributed by atoms with Crippen LogP contribution in [-0.2, 0) is 11.2 Å². The Morgan fingerprint density at radius 3 is 2.68 bits per heavy atom. The lowest BCUT2D eigenvalue weighted by molar-refractivity contribution is -0.384. The summed E-state index contributed by atoms with van der Waals surface area (Å²) >= 11 is 0. The summed E-state index contributed by atoms with van der Waals surface area (Å²) in [6, 6.07) is 6.24. The van der Waals surface area contributed by atoms with Gasteiger partial charge in [0.15, 0.2) is 0 Å². The molecule has 0 unspecified atom stereocenters. The lowest BCUT2D eigenvalue weighted by Crippen LogP contribution is -2.46. The minimum atomic E-state index is -0.446. The third-order valence-corrected chi connectivity index (χ3v) is 2.95. The zero-order valence-corrected chi connectivity index (χ0v) is 11.2. The number of nitro benzene ring substituents is 1. The van der Waals surface area contributed by atoms with Gasteiger partial charge in [0, 0.05) is 38.3 Å². The molecule has 1 aromatic carbocycles. The fourth-order valence-corrected chi connectivity index (χ4v) is 1.98. The molecular weight excluding hydrogens is 270 g/mol. The molecule has 104 valence electrons. The summed E-state index contributed by atoms with van der Waals surface area (Å²) in [7, 11) is 0. The summed E-state index contributed by atoms with van der Waals surface area (Å²) in [5.41, 5.74) is 0.716. The maximum absolute atomic E-state index is 12.0. The van der Waals surface area contributed by atoms with Crippen molar-refractivity contribution >= 4 is 24.0 Å². The van der Waals surface area contributed by atoms with Gasteiger partial charge < -0.3 is 10.2 Å². The minimum absolute atomic E-state index is 0. The lowest BCUT2D eigenvalue weighted by atomic mass is 10.1. The van der Waals surface area contributed by atoms with Gasteiger partial charge in [0.05, 0.1) is 11.3 Å². The molecule has 1 heterocycles. The van der Waals surface area contributed by atoms with E-state index in [9.17, 15) is 14.9 Å². The van der Waals surface area contributed by atoms with Crippen LogP contribution < -0.4 is 5.32 Å². The molecule has 0 atom stereocenters. The number of hydrogen-bond acceptors (Lipinski definition) is 4. The molecule has 0 aliphatic carbocycles. The number of benzene rings is 1. The van der Waals surface area contributed by atoms with Gasteiger partial charge >= 0.3 is 0 Å². The summed E-state index contributed by atoms with van der Waals surface area (Å²) in [4.78, 5) is 24.0. The number of nitrogens with zero attached hydrogens (tertiary/aromatic N) is 2. The highest BCUT2D eigenvalue weighted by Crippen LogP contribution is 2.14. The number of nitrogens with one attached hydrogen (secondary N) is 1. The Balaban J connectivity index is 0.00000180. The van der Waals surface area contributed by atoms with Gasteiger partial charge in [-0.15, -0.1) is 12.4 Å². The Morgan fingerprint density at radius 1 is 1.37 bits per heavy atom. The average Bonchev–Trinajstić information content (AvgIpc) is 2.40. The highest BCUT2D eigenvalue weighted by atomic mass is 35.5. The van der Waals surface area contributed by atoms with E-state index in [0.717, 1.165) is 13.1 Å². The smallest absolute Gasteiger partial charge is 0.269 e. The first-order valence-corrected chi connectivity index (χ1v) is 5.88. The standard InChI is InChI=1S/C12H15N3O3.ClH/c16-12(14-6-4-13-5-7-14)9-10-2-1-3-11(8-10)15(17)18;/h1-3,8,13H,4-7,9H2;1H. The maximum atomic E-state index is 12.0. The van der Waals surface area contributed by atoms with Crippen LogP contribution in [0.15, 0.2) is 24.3 Å². The molecule has 1 aliphatic heterocycles. The highest BCUT2D eigenvalue weighted by molar-refractivity contribution is 5.85. The van der Waals surface area contributed by atoms with Crippen LogP contribution in [0.25, 0.3) is 0 Å². The SMILES string of the molecule is Cl.O=C(Cc1cccc([N+](=O)[O-])c1)N1CCNCC1. The largest absolute Gasteiger partial charge is 0.340 e. The topological polar surface area (TPSA) is 75.5 Å². The van der Waals surface area contributed by atoms with E-state index < -0.39 is 4.92 Å². The van der Waals surface area contributed by atoms with Gasteiger partial charge in [-0.1, -0.05) is 12.1 Å². The van der Waals surface area contributed by atoms with E-state index in [1.54, 1.807) is 17.0 Å². The van der Waals surface area contributed by atoms with E-state index in [4.69, 9.17) is 0 Å². The molecule has 1 fully saturated rings. The number of piperazine rings is 1. The Morgan fingerprint density at radius 2 is 2.05 bits per heavy atom. The molecule has 1 saturated heterocycles. The molecule has 0 bridgehead atoms. The number of nitro groups is 1. The fourth-order valence-electron chi connectivity index (χ4n) is 1.98. The number of carbonyl (C=O) groups is 1. The van der Waals surface area contributed by atoms with E-state index in [2.05, 4.69) is 5.32 Å². The van der Waals surface area contributed by atoms with Crippen molar-refractivity contribution in [2.75, 3.05) is 26.2 Å². The minimum Gasteiger partial charge on any atom is -0.340 e. The number of non-ortho nitro benzene ring substituents is 1. The van der Waals surface area contributed by atoms with Crippen LogP contribution in [0.5, 0.6) is 0 Å². The number of halogens is 1. The van der Waals surface area contributed by atoms with Crippen molar-refractivity contribution in [3.05, 3.63) is 39.9 Å². The van der Waals surface area contributed by atoms with Gasteiger partial charge in [-0.3, -0.25) is 14.9 Å². The monoisotopic (exact) mass is 285 g/mol. The van der Waals surface area contributed by atoms with Crippen LogP contribution in [0.3, 0.4) is 0 Å². The first kappa shape index (κ1) is 15.4. The van der Waals surface area contributed by atoms with Crippen molar-refractivity contribution in [1.82, 2.24) is 10.2 Å². The van der Waals surface area contributed by atoms with E-state index in [-0.39, 0.29) is 30.4 Å². The first-order valence-electron chi connectivity index (χ1n) is 5.88. The fraction of sp³-hybridized carbons (Fsp3) is 0.417. The second kappa shape index (κ2) is 7.06. The summed E-state index contributed by atoms with van der Waals surface area (Å²) < 4.78 is 0. The lowest BCUT2D eigenvalue weighted by Gasteiger charge is -2.27. The van der Waals surface area contributed by atoms with Gasteiger partial charge in [0.1, 0.15) is 0 Å². The maximum Gasteiger partial charge on any atom is 0.269 e. The zero-order chi connectivity index (χ0) is 13.0. The predicted molar refractivity (Wildman–Crippen MR) is 73.5 cm³/mol. The van der Waals surface area contributed by atoms with Crippen molar-refractivity contribution in [2.24, 2.45) is 0 Å². The molecule has 7 heteroatoms. The summed E-state index contributed by atoms with van der Waals surface area (Å²) in [6.45, 7) is 3.02. The number of amides is 1. The molecule has 0 saturated carbocycles. The number of hydrogen-bond donors (Lipinski definition) is 1. The van der Waals surface area contributed by atoms with Crippen molar-refractivity contribution in [2.45, 2.75) is 6.42 Å². The van der Waals surface area contributed by atoms with Crippen LogP contribution in [0.1, 0.15) is 5.56 Å². The molecule has 1 N–H and O–H groups in total. The number of rotatable bonds is 3. The Labute approximate surface area is 117 Å². The predicted octanol–water partition coefficient (Wildman–Crippen LogP) is 0.991. The van der Waals surface area contributed by atoms with Crippen LogP contribution in [0, 0.1) is 10.1 Å². The van der Waals surface area contributed by atoms with E-state index >= 15 is 0 Å². The van der Waals surface area contributed by atoms with Crippen molar-refractivity contribution in [1.29, 1.82) is 0 Å². The molecule has 0 spiro atoms. The Bertz CT molecular complexity index is 461. The molecule has 1 amide bonds. The molecule has 6 nitrogen and oxygen atoms in total. The van der Waals surface area contributed by atoms with Gasteiger partial charge in [-0.25, -0.2) is 0 Å². The normalized spacial score (nSPS) is 14.6. The van der Waals surface area contributed by atoms with Gasteiger partial charge in [0.2, 0.25) is 5.91 Å². The Kier molecular flexibility index (Phi) is 5.72. The quantitative estimate of drug-likeness (QED) is 0.664. The van der Waals surface area contributed by atoms with E-state index in [1.165, 1.54) is 12.1 Å². The van der Waals surface area contributed by atoms with Crippen molar-refractivity contribution in [3.8, 4) is 0 Å². The van der Waals surface area contributed by atoms with Gasteiger partial charge in [-0.05, 0) is 5.56 Å². The van der Waals surface area contributed by atoms with Crippen LogP contribution in [-0.4, -0.2) is 41.9 Å².